The van der Waals surface area contributed by atoms with E-state index < -0.39 is 5.72 Å². The molecule has 4 nitrogen and oxygen atoms in total. The lowest BCUT2D eigenvalue weighted by molar-refractivity contribution is -0.212. The van der Waals surface area contributed by atoms with Crippen LogP contribution in [0.3, 0.4) is 0 Å². The van der Waals surface area contributed by atoms with Crippen molar-refractivity contribution >= 4 is 5.71 Å². The van der Waals surface area contributed by atoms with Crippen LogP contribution in [0.5, 0.6) is 5.75 Å². The summed E-state index contributed by atoms with van der Waals surface area (Å²) in [6.45, 7) is 4.97. The fourth-order valence-corrected chi connectivity index (χ4v) is 5.46. The molecule has 4 heteroatoms. The first-order valence-electron chi connectivity index (χ1n) is 11.5. The highest BCUT2D eigenvalue weighted by Crippen LogP contribution is 2.51. The van der Waals surface area contributed by atoms with E-state index in [4.69, 9.17) is 14.6 Å². The molecule has 0 amide bonds. The summed E-state index contributed by atoms with van der Waals surface area (Å²) in [6.07, 6.45) is 2.48. The Kier molecular flexibility index (Phi) is 4.41. The minimum absolute atomic E-state index is 0.192. The summed E-state index contributed by atoms with van der Waals surface area (Å²) < 4.78 is 12.8. The number of rotatable bonds is 2. The van der Waals surface area contributed by atoms with Crippen LogP contribution >= 0.6 is 0 Å². The first-order valence-corrected chi connectivity index (χ1v) is 11.5. The Hall–Kier alpha value is -3.11. The zero-order valence-corrected chi connectivity index (χ0v) is 18.6. The van der Waals surface area contributed by atoms with E-state index in [1.165, 1.54) is 22.3 Å². The minimum atomic E-state index is -0.466. The fourth-order valence-electron chi connectivity index (χ4n) is 5.46. The van der Waals surface area contributed by atoms with E-state index in [2.05, 4.69) is 97.7 Å². The fraction of sp³-hybridized carbons (Fsp3) is 0.321. The first kappa shape index (κ1) is 19.6. The van der Waals surface area contributed by atoms with Gasteiger partial charge in [0.25, 0.3) is 0 Å². The number of benzene rings is 3. The molecule has 1 fully saturated rings. The van der Waals surface area contributed by atoms with Gasteiger partial charge in [-0.25, -0.2) is 5.01 Å². The summed E-state index contributed by atoms with van der Waals surface area (Å²) in [7, 11) is 0. The van der Waals surface area contributed by atoms with Gasteiger partial charge in [0.05, 0.1) is 24.0 Å². The van der Waals surface area contributed by atoms with Gasteiger partial charge in [0.2, 0.25) is 5.72 Å². The summed E-state index contributed by atoms with van der Waals surface area (Å²) in [4.78, 5) is 0. The van der Waals surface area contributed by atoms with Crippen molar-refractivity contribution in [2.24, 2.45) is 5.10 Å². The van der Waals surface area contributed by atoms with Crippen LogP contribution in [0.1, 0.15) is 50.3 Å². The summed E-state index contributed by atoms with van der Waals surface area (Å²) in [6, 6.07) is 27.9. The zero-order valence-electron chi connectivity index (χ0n) is 18.6. The molecule has 3 aliphatic rings. The predicted molar refractivity (Wildman–Crippen MR) is 127 cm³/mol. The molecule has 3 aromatic carbocycles. The van der Waals surface area contributed by atoms with Crippen molar-refractivity contribution < 1.29 is 9.47 Å². The highest BCUT2D eigenvalue weighted by atomic mass is 16.5. The largest absolute Gasteiger partial charge is 0.466 e. The average molecular weight is 425 g/mol. The van der Waals surface area contributed by atoms with E-state index >= 15 is 0 Å². The molecule has 0 radical (unpaired) electrons. The Balaban J connectivity index is 1.38. The molecule has 0 unspecified atom stereocenters. The number of ether oxygens (including phenoxy) is 2. The van der Waals surface area contributed by atoms with Gasteiger partial charge in [-0.1, -0.05) is 72.8 Å². The highest BCUT2D eigenvalue weighted by Gasteiger charge is 2.54. The number of hydrazone groups is 1. The molecule has 3 aliphatic heterocycles. The highest BCUT2D eigenvalue weighted by molar-refractivity contribution is 6.02. The predicted octanol–water partition coefficient (Wildman–Crippen LogP) is 6.18. The van der Waals surface area contributed by atoms with Crippen molar-refractivity contribution in [2.45, 2.75) is 50.5 Å². The third kappa shape index (κ3) is 3.21. The van der Waals surface area contributed by atoms with Crippen LogP contribution in [0.25, 0.3) is 11.1 Å². The molecule has 0 aromatic heterocycles. The summed E-state index contributed by atoms with van der Waals surface area (Å²) in [5.74, 6) is 0.988. The lowest BCUT2D eigenvalue weighted by Gasteiger charge is -2.52. The number of nitrogens with zero attached hydrogens (tertiary/aromatic N) is 2. The van der Waals surface area contributed by atoms with E-state index in [1.54, 1.807) is 0 Å². The van der Waals surface area contributed by atoms with Gasteiger partial charge < -0.3 is 9.47 Å². The maximum Gasteiger partial charge on any atom is 0.203 e. The molecule has 3 heterocycles. The Bertz CT molecular complexity index is 1170. The molecule has 6 rings (SSSR count). The van der Waals surface area contributed by atoms with Crippen LogP contribution in [0.4, 0.5) is 0 Å². The molecule has 32 heavy (non-hydrogen) atoms. The smallest absolute Gasteiger partial charge is 0.203 e. The Morgan fingerprint density at radius 1 is 0.844 bits per heavy atom. The summed E-state index contributed by atoms with van der Waals surface area (Å²) in [5, 5.41) is 7.44. The van der Waals surface area contributed by atoms with Crippen LogP contribution in [-0.4, -0.2) is 28.7 Å². The van der Waals surface area contributed by atoms with Gasteiger partial charge in [0, 0.05) is 24.8 Å². The van der Waals surface area contributed by atoms with Crippen molar-refractivity contribution in [3.8, 4) is 16.9 Å². The Morgan fingerprint density at radius 2 is 1.53 bits per heavy atom. The quantitative estimate of drug-likeness (QED) is 0.492. The second-order valence-electron chi connectivity index (χ2n) is 9.68. The Morgan fingerprint density at radius 3 is 2.31 bits per heavy atom. The summed E-state index contributed by atoms with van der Waals surface area (Å²) >= 11 is 0. The second kappa shape index (κ2) is 7.21. The number of para-hydroxylation sites is 1. The molecule has 0 saturated carbocycles. The average Bonchev–Trinajstić information content (AvgIpc) is 3.26. The van der Waals surface area contributed by atoms with Crippen molar-refractivity contribution in [3.63, 3.8) is 0 Å². The molecule has 0 N–H and O–H groups in total. The Labute approximate surface area is 189 Å². The SMILES string of the molecule is CC1(C)C[C@@]2(CCO1)Oc1ccccc1[C@@H]1CC(c3ccc(-c4ccccc4)cc3)=NN12. The molecule has 162 valence electrons. The third-order valence-electron chi connectivity index (χ3n) is 6.92. The minimum Gasteiger partial charge on any atom is -0.466 e. The van der Waals surface area contributed by atoms with Crippen LogP contribution in [0, 0.1) is 0 Å². The molecular formula is C28H28N2O2. The van der Waals surface area contributed by atoms with Crippen LogP contribution in [-0.2, 0) is 4.74 Å². The van der Waals surface area contributed by atoms with Gasteiger partial charge in [-0.15, -0.1) is 0 Å². The topological polar surface area (TPSA) is 34.1 Å². The van der Waals surface area contributed by atoms with Crippen LogP contribution in [0.15, 0.2) is 84.0 Å². The standard InChI is InChI=1S/C28H28N2O2/c1-27(2)19-28(16-17-31-27)30-25(23-10-6-7-11-26(23)32-28)18-24(29-30)22-14-12-21(13-15-22)20-8-4-3-5-9-20/h3-15,25H,16-19H2,1-2H3/t25-,28+/m0/s1. The van der Waals surface area contributed by atoms with Crippen molar-refractivity contribution in [2.75, 3.05) is 6.61 Å². The van der Waals surface area contributed by atoms with Gasteiger partial charge in [0.1, 0.15) is 5.75 Å². The molecule has 0 aliphatic carbocycles. The van der Waals surface area contributed by atoms with Crippen molar-refractivity contribution in [1.82, 2.24) is 5.01 Å². The normalized spacial score (nSPS) is 25.6. The van der Waals surface area contributed by atoms with Gasteiger partial charge in [0.15, 0.2) is 0 Å². The van der Waals surface area contributed by atoms with Crippen LogP contribution in [0.2, 0.25) is 0 Å². The molecule has 3 aromatic rings. The van der Waals surface area contributed by atoms with E-state index in [9.17, 15) is 0 Å². The van der Waals surface area contributed by atoms with Gasteiger partial charge in [-0.05, 0) is 36.6 Å². The van der Waals surface area contributed by atoms with Gasteiger partial charge in [-0.3, -0.25) is 0 Å². The van der Waals surface area contributed by atoms with Gasteiger partial charge >= 0.3 is 0 Å². The van der Waals surface area contributed by atoms with E-state index in [0.29, 0.717) is 6.61 Å². The van der Waals surface area contributed by atoms with E-state index in [-0.39, 0.29) is 11.6 Å². The molecule has 1 spiro atoms. The summed E-state index contributed by atoms with van der Waals surface area (Å²) in [5.41, 5.74) is 5.27. The van der Waals surface area contributed by atoms with Gasteiger partial charge in [-0.2, -0.15) is 5.10 Å². The molecular weight excluding hydrogens is 396 g/mol. The molecule has 2 atom stereocenters. The van der Waals surface area contributed by atoms with Crippen molar-refractivity contribution in [1.29, 1.82) is 0 Å². The third-order valence-corrected chi connectivity index (χ3v) is 6.92. The number of fused-ring (bicyclic) bond motifs is 4. The molecule has 1 saturated heterocycles. The first-order chi connectivity index (χ1) is 15.5. The number of hydrogen-bond donors (Lipinski definition) is 0. The number of hydrogen-bond acceptors (Lipinski definition) is 4. The second-order valence-corrected chi connectivity index (χ2v) is 9.68. The maximum atomic E-state index is 6.71. The van der Waals surface area contributed by atoms with E-state index in [1.807, 2.05) is 0 Å². The zero-order chi connectivity index (χ0) is 21.8. The van der Waals surface area contributed by atoms with Crippen molar-refractivity contribution in [3.05, 3.63) is 90.0 Å². The monoisotopic (exact) mass is 424 g/mol. The van der Waals surface area contributed by atoms with E-state index in [0.717, 1.165) is 30.7 Å². The van der Waals surface area contributed by atoms with Crippen LogP contribution < -0.4 is 4.74 Å². The molecule has 0 bridgehead atoms. The lowest BCUT2D eigenvalue weighted by Crippen LogP contribution is -2.60. The lowest BCUT2D eigenvalue weighted by atomic mass is 9.86. The maximum absolute atomic E-state index is 6.71.